The molecule has 0 heterocycles. The number of amides is 1. The van der Waals surface area contributed by atoms with Gasteiger partial charge in [-0.3, -0.25) is 4.79 Å². The minimum absolute atomic E-state index is 0.171. The molecule has 0 aromatic heterocycles. The molecule has 5 nitrogen and oxygen atoms in total. The molecule has 0 radical (unpaired) electrons. The Balaban J connectivity index is 1.76. The van der Waals surface area contributed by atoms with Crippen LogP contribution in [0.1, 0.15) is 18.1 Å². The minimum atomic E-state index is -0.572. The number of aryl methyl sites for hydroxylation is 1. The van der Waals surface area contributed by atoms with Gasteiger partial charge in [0.15, 0.2) is 6.10 Å². The van der Waals surface area contributed by atoms with E-state index in [4.69, 9.17) is 14.2 Å². The first-order valence-electron chi connectivity index (χ1n) is 8.28. The van der Waals surface area contributed by atoms with Gasteiger partial charge in [0.2, 0.25) is 0 Å². The third kappa shape index (κ3) is 5.41. The smallest absolute Gasteiger partial charge is 0.260 e. The maximum Gasteiger partial charge on any atom is 0.260 e. The van der Waals surface area contributed by atoms with Crippen LogP contribution in [0, 0.1) is 13.8 Å². The second-order valence-electron chi connectivity index (χ2n) is 5.78. The summed E-state index contributed by atoms with van der Waals surface area (Å²) in [5.74, 6) is 2.00. The molecular formula is C20H25NO4. The Morgan fingerprint density at radius 1 is 1.12 bits per heavy atom. The molecule has 0 unspecified atom stereocenters. The number of methoxy groups -OCH3 is 1. The monoisotopic (exact) mass is 343 g/mol. The number of benzene rings is 2. The van der Waals surface area contributed by atoms with E-state index in [9.17, 15) is 4.79 Å². The van der Waals surface area contributed by atoms with E-state index < -0.39 is 6.10 Å². The predicted octanol–water partition coefficient (Wildman–Crippen LogP) is 3.27. The van der Waals surface area contributed by atoms with Gasteiger partial charge in [0, 0.05) is 6.07 Å². The van der Waals surface area contributed by atoms with E-state index >= 15 is 0 Å². The lowest BCUT2D eigenvalue weighted by Crippen LogP contribution is -2.38. The highest BCUT2D eigenvalue weighted by atomic mass is 16.5. The van der Waals surface area contributed by atoms with Gasteiger partial charge in [-0.1, -0.05) is 18.2 Å². The molecule has 0 spiro atoms. The summed E-state index contributed by atoms with van der Waals surface area (Å²) in [4.78, 5) is 12.1. The fourth-order valence-electron chi connectivity index (χ4n) is 2.27. The molecule has 2 aromatic rings. The van der Waals surface area contributed by atoms with Crippen molar-refractivity contribution < 1.29 is 19.0 Å². The van der Waals surface area contributed by atoms with Crippen LogP contribution in [-0.2, 0) is 4.79 Å². The van der Waals surface area contributed by atoms with Gasteiger partial charge in [-0.05, 0) is 50.1 Å². The molecule has 0 saturated carbocycles. The topological polar surface area (TPSA) is 56.8 Å². The van der Waals surface area contributed by atoms with E-state index in [2.05, 4.69) is 5.32 Å². The lowest BCUT2D eigenvalue weighted by molar-refractivity contribution is -0.127. The quantitative estimate of drug-likeness (QED) is 0.748. The number of hydrogen-bond donors (Lipinski definition) is 1. The Labute approximate surface area is 148 Å². The highest BCUT2D eigenvalue weighted by molar-refractivity contribution is 5.80. The number of hydrogen-bond acceptors (Lipinski definition) is 4. The van der Waals surface area contributed by atoms with E-state index in [1.54, 1.807) is 20.1 Å². The first kappa shape index (κ1) is 18.6. The molecule has 2 rings (SSSR count). The molecule has 25 heavy (non-hydrogen) atoms. The fraction of sp³-hybridized carbons (Fsp3) is 0.350. The van der Waals surface area contributed by atoms with Crippen molar-refractivity contribution in [2.24, 2.45) is 0 Å². The minimum Gasteiger partial charge on any atom is -0.497 e. The normalized spacial score (nSPS) is 11.5. The van der Waals surface area contributed by atoms with Crippen LogP contribution >= 0.6 is 0 Å². The molecule has 0 bridgehead atoms. The maximum absolute atomic E-state index is 12.1. The number of carbonyl (C=O) groups excluding carboxylic acids is 1. The highest BCUT2D eigenvalue weighted by Gasteiger charge is 2.15. The first-order chi connectivity index (χ1) is 12.0. The van der Waals surface area contributed by atoms with E-state index in [1.807, 2.05) is 50.2 Å². The van der Waals surface area contributed by atoms with Crippen molar-refractivity contribution in [3.05, 3.63) is 53.6 Å². The van der Waals surface area contributed by atoms with Crippen LogP contribution in [-0.4, -0.2) is 32.3 Å². The Morgan fingerprint density at radius 2 is 1.84 bits per heavy atom. The summed E-state index contributed by atoms with van der Waals surface area (Å²) >= 11 is 0. The van der Waals surface area contributed by atoms with E-state index in [0.717, 1.165) is 22.6 Å². The molecule has 2 aromatic carbocycles. The molecule has 5 heteroatoms. The SMILES string of the molecule is COc1cccc(OCCNC(=O)[C@@H](C)Oc2cccc(C)c2C)c1. The van der Waals surface area contributed by atoms with E-state index in [1.165, 1.54) is 0 Å². The van der Waals surface area contributed by atoms with E-state index in [0.29, 0.717) is 18.9 Å². The van der Waals surface area contributed by atoms with Crippen LogP contribution in [0.2, 0.25) is 0 Å². The molecule has 1 amide bonds. The van der Waals surface area contributed by atoms with Crippen molar-refractivity contribution in [2.45, 2.75) is 26.9 Å². The highest BCUT2D eigenvalue weighted by Crippen LogP contribution is 2.21. The number of carbonyl (C=O) groups is 1. The Bertz CT molecular complexity index is 715. The average Bonchev–Trinajstić information content (AvgIpc) is 2.62. The lowest BCUT2D eigenvalue weighted by atomic mass is 10.1. The zero-order valence-corrected chi connectivity index (χ0v) is 15.2. The zero-order valence-electron chi connectivity index (χ0n) is 15.2. The molecule has 0 fully saturated rings. The summed E-state index contributed by atoms with van der Waals surface area (Å²) in [6.07, 6.45) is -0.572. The second kappa shape index (κ2) is 8.97. The van der Waals surface area contributed by atoms with Gasteiger partial charge in [-0.2, -0.15) is 0 Å². The van der Waals surface area contributed by atoms with Gasteiger partial charge in [0.1, 0.15) is 23.9 Å². The summed E-state index contributed by atoms with van der Waals surface area (Å²) in [5, 5.41) is 2.82. The van der Waals surface area contributed by atoms with Crippen molar-refractivity contribution in [1.29, 1.82) is 0 Å². The van der Waals surface area contributed by atoms with E-state index in [-0.39, 0.29) is 5.91 Å². The molecule has 0 aliphatic rings. The molecule has 134 valence electrons. The maximum atomic E-state index is 12.1. The van der Waals surface area contributed by atoms with Gasteiger partial charge in [0.25, 0.3) is 5.91 Å². The van der Waals surface area contributed by atoms with Crippen LogP contribution in [0.3, 0.4) is 0 Å². The van der Waals surface area contributed by atoms with Crippen LogP contribution in [0.5, 0.6) is 17.2 Å². The molecule has 0 saturated heterocycles. The molecule has 0 aliphatic carbocycles. The Morgan fingerprint density at radius 3 is 2.60 bits per heavy atom. The lowest BCUT2D eigenvalue weighted by Gasteiger charge is -2.17. The summed E-state index contributed by atoms with van der Waals surface area (Å²) in [7, 11) is 1.61. The van der Waals surface area contributed by atoms with Crippen molar-refractivity contribution in [3.63, 3.8) is 0 Å². The third-order valence-electron chi connectivity index (χ3n) is 3.94. The summed E-state index contributed by atoms with van der Waals surface area (Å²) in [6.45, 7) is 6.51. The van der Waals surface area contributed by atoms with Crippen molar-refractivity contribution in [1.82, 2.24) is 5.32 Å². The number of rotatable bonds is 8. The van der Waals surface area contributed by atoms with Crippen molar-refractivity contribution >= 4 is 5.91 Å². The first-order valence-corrected chi connectivity index (χ1v) is 8.28. The van der Waals surface area contributed by atoms with Crippen molar-refractivity contribution in [3.8, 4) is 17.2 Å². The summed E-state index contributed by atoms with van der Waals surface area (Å²) in [5.41, 5.74) is 2.18. The zero-order chi connectivity index (χ0) is 18.2. The van der Waals surface area contributed by atoms with Gasteiger partial charge >= 0.3 is 0 Å². The van der Waals surface area contributed by atoms with Crippen molar-refractivity contribution in [2.75, 3.05) is 20.3 Å². The Hall–Kier alpha value is -2.69. The number of nitrogens with one attached hydrogen (secondary N) is 1. The van der Waals surface area contributed by atoms with Gasteiger partial charge in [0.05, 0.1) is 13.7 Å². The number of ether oxygens (including phenoxy) is 3. The third-order valence-corrected chi connectivity index (χ3v) is 3.94. The Kier molecular flexibility index (Phi) is 6.69. The van der Waals surface area contributed by atoms with Crippen LogP contribution in [0.25, 0.3) is 0 Å². The van der Waals surface area contributed by atoms with Crippen LogP contribution in [0.4, 0.5) is 0 Å². The average molecular weight is 343 g/mol. The second-order valence-corrected chi connectivity index (χ2v) is 5.78. The van der Waals surface area contributed by atoms with Gasteiger partial charge in [-0.15, -0.1) is 0 Å². The molecule has 0 aliphatic heterocycles. The molecule has 1 atom stereocenters. The van der Waals surface area contributed by atoms with Gasteiger partial charge in [-0.25, -0.2) is 0 Å². The predicted molar refractivity (Wildman–Crippen MR) is 97.5 cm³/mol. The standard InChI is InChI=1S/C20H25NO4/c1-14-7-5-10-19(15(14)2)25-16(3)20(22)21-11-12-24-18-9-6-8-17(13-18)23-4/h5-10,13,16H,11-12H2,1-4H3,(H,21,22)/t16-/m1/s1. The van der Waals surface area contributed by atoms with Gasteiger partial charge < -0.3 is 19.5 Å². The largest absolute Gasteiger partial charge is 0.497 e. The fourth-order valence-corrected chi connectivity index (χ4v) is 2.27. The summed E-state index contributed by atoms with van der Waals surface area (Å²) in [6, 6.07) is 13.2. The molecule has 1 N–H and O–H groups in total. The summed E-state index contributed by atoms with van der Waals surface area (Å²) < 4.78 is 16.5. The molecular weight excluding hydrogens is 318 g/mol. The van der Waals surface area contributed by atoms with Crippen LogP contribution < -0.4 is 19.5 Å². The van der Waals surface area contributed by atoms with Crippen LogP contribution in [0.15, 0.2) is 42.5 Å².